The Balaban J connectivity index is 2.19. The average molecular weight is 269 g/mol. The number of nitrogens with zero attached hydrogens (tertiary/aromatic N) is 3. The molecule has 3 aromatic rings. The number of hydrogen-bond donors (Lipinski definition) is 0. The molecule has 0 saturated heterocycles. The summed E-state index contributed by atoms with van der Waals surface area (Å²) >= 11 is 0. The number of methoxy groups -OCH3 is 1. The Morgan fingerprint density at radius 1 is 1.10 bits per heavy atom. The number of aromatic nitrogens is 3. The molecule has 0 radical (unpaired) electrons. The standard InChI is InChI=1S/C15H15N3O2/c1-3-20-13-10-9-12-16-14(11-7-5-4-6-8-11)15(19-2)18(12)17-13/h4-10H,3H2,1-2H3. The summed E-state index contributed by atoms with van der Waals surface area (Å²) in [5.74, 6) is 1.16. The third-order valence-electron chi connectivity index (χ3n) is 2.94. The van der Waals surface area contributed by atoms with Gasteiger partial charge in [-0.05, 0) is 13.0 Å². The first kappa shape index (κ1) is 12.5. The van der Waals surface area contributed by atoms with E-state index in [1.165, 1.54) is 0 Å². The molecule has 5 nitrogen and oxygen atoms in total. The highest BCUT2D eigenvalue weighted by Crippen LogP contribution is 2.30. The van der Waals surface area contributed by atoms with Gasteiger partial charge < -0.3 is 9.47 Å². The van der Waals surface area contributed by atoms with E-state index < -0.39 is 0 Å². The maximum Gasteiger partial charge on any atom is 0.243 e. The van der Waals surface area contributed by atoms with Crippen LogP contribution >= 0.6 is 0 Å². The van der Waals surface area contributed by atoms with Crippen molar-refractivity contribution >= 4 is 5.65 Å². The van der Waals surface area contributed by atoms with Crippen molar-refractivity contribution in [3.05, 3.63) is 42.5 Å². The van der Waals surface area contributed by atoms with E-state index in [1.807, 2.05) is 43.3 Å². The SMILES string of the molecule is CCOc1ccc2nc(-c3ccccc3)c(OC)n2n1. The van der Waals surface area contributed by atoms with E-state index in [2.05, 4.69) is 10.1 Å². The van der Waals surface area contributed by atoms with E-state index >= 15 is 0 Å². The second-order valence-electron chi connectivity index (χ2n) is 4.21. The molecule has 0 fully saturated rings. The van der Waals surface area contributed by atoms with Crippen molar-refractivity contribution in [3.8, 4) is 23.0 Å². The molecule has 0 bridgehead atoms. The van der Waals surface area contributed by atoms with Gasteiger partial charge in [-0.3, -0.25) is 0 Å². The van der Waals surface area contributed by atoms with Crippen LogP contribution in [0.1, 0.15) is 6.92 Å². The minimum atomic E-state index is 0.551. The van der Waals surface area contributed by atoms with Crippen molar-refractivity contribution in [3.63, 3.8) is 0 Å². The highest BCUT2D eigenvalue weighted by molar-refractivity contribution is 5.69. The van der Waals surface area contributed by atoms with Gasteiger partial charge in [0, 0.05) is 11.6 Å². The molecule has 0 unspecified atom stereocenters. The normalized spacial score (nSPS) is 10.7. The van der Waals surface area contributed by atoms with Crippen LogP contribution in [-0.4, -0.2) is 28.3 Å². The first-order chi connectivity index (χ1) is 9.83. The zero-order valence-electron chi connectivity index (χ0n) is 11.4. The van der Waals surface area contributed by atoms with E-state index in [0.29, 0.717) is 18.4 Å². The third kappa shape index (κ3) is 2.07. The van der Waals surface area contributed by atoms with Crippen LogP contribution in [0.5, 0.6) is 11.8 Å². The smallest absolute Gasteiger partial charge is 0.243 e. The molecule has 0 aliphatic heterocycles. The fourth-order valence-corrected chi connectivity index (χ4v) is 2.09. The number of benzene rings is 1. The lowest BCUT2D eigenvalue weighted by Gasteiger charge is -2.04. The Hall–Kier alpha value is -2.56. The largest absolute Gasteiger partial charge is 0.479 e. The van der Waals surface area contributed by atoms with Crippen molar-refractivity contribution in [2.24, 2.45) is 0 Å². The quantitative estimate of drug-likeness (QED) is 0.730. The summed E-state index contributed by atoms with van der Waals surface area (Å²) in [6.07, 6.45) is 0. The number of imidazole rings is 1. The Morgan fingerprint density at radius 2 is 1.90 bits per heavy atom. The summed E-state index contributed by atoms with van der Waals surface area (Å²) in [5, 5.41) is 4.39. The maximum absolute atomic E-state index is 5.47. The lowest BCUT2D eigenvalue weighted by Crippen LogP contribution is -2.00. The van der Waals surface area contributed by atoms with Gasteiger partial charge in [0.25, 0.3) is 0 Å². The Labute approximate surface area is 116 Å². The molecule has 0 amide bonds. The van der Waals surface area contributed by atoms with Crippen LogP contribution in [0.4, 0.5) is 0 Å². The monoisotopic (exact) mass is 269 g/mol. The zero-order valence-corrected chi connectivity index (χ0v) is 11.4. The first-order valence-electron chi connectivity index (χ1n) is 6.45. The van der Waals surface area contributed by atoms with Gasteiger partial charge in [-0.2, -0.15) is 4.52 Å². The summed E-state index contributed by atoms with van der Waals surface area (Å²) in [5.41, 5.74) is 2.49. The first-order valence-corrected chi connectivity index (χ1v) is 6.45. The zero-order chi connectivity index (χ0) is 13.9. The van der Waals surface area contributed by atoms with Crippen LogP contribution in [0.2, 0.25) is 0 Å². The van der Waals surface area contributed by atoms with Crippen molar-refractivity contribution in [2.75, 3.05) is 13.7 Å². The van der Waals surface area contributed by atoms with Gasteiger partial charge in [0.2, 0.25) is 11.8 Å². The van der Waals surface area contributed by atoms with Crippen LogP contribution in [0.25, 0.3) is 16.9 Å². The summed E-state index contributed by atoms with van der Waals surface area (Å²) in [4.78, 5) is 4.57. The molecule has 0 saturated carbocycles. The van der Waals surface area contributed by atoms with E-state index in [4.69, 9.17) is 9.47 Å². The van der Waals surface area contributed by atoms with Gasteiger partial charge in [0.05, 0.1) is 13.7 Å². The number of hydrogen-bond acceptors (Lipinski definition) is 4. The van der Waals surface area contributed by atoms with Crippen molar-refractivity contribution in [2.45, 2.75) is 6.92 Å². The molecule has 3 rings (SSSR count). The van der Waals surface area contributed by atoms with Gasteiger partial charge in [-0.25, -0.2) is 4.98 Å². The van der Waals surface area contributed by atoms with Crippen molar-refractivity contribution in [1.82, 2.24) is 14.6 Å². The molecule has 2 aromatic heterocycles. The van der Waals surface area contributed by atoms with E-state index in [-0.39, 0.29) is 0 Å². The topological polar surface area (TPSA) is 48.7 Å². The minimum Gasteiger partial charge on any atom is -0.479 e. The number of ether oxygens (including phenoxy) is 2. The molecule has 0 spiro atoms. The molecule has 0 aliphatic carbocycles. The van der Waals surface area contributed by atoms with Crippen LogP contribution in [-0.2, 0) is 0 Å². The predicted molar refractivity (Wildman–Crippen MR) is 76.1 cm³/mol. The molecule has 1 aromatic carbocycles. The van der Waals surface area contributed by atoms with Gasteiger partial charge in [0.15, 0.2) is 5.65 Å². The molecule has 2 heterocycles. The Kier molecular flexibility index (Phi) is 3.25. The van der Waals surface area contributed by atoms with Gasteiger partial charge in [-0.15, -0.1) is 5.10 Å². The predicted octanol–water partition coefficient (Wildman–Crippen LogP) is 2.80. The maximum atomic E-state index is 5.47. The Bertz CT molecular complexity index is 723. The summed E-state index contributed by atoms with van der Waals surface area (Å²) in [6.45, 7) is 2.49. The second-order valence-corrected chi connectivity index (χ2v) is 4.21. The highest BCUT2D eigenvalue weighted by atomic mass is 16.5. The van der Waals surface area contributed by atoms with Crippen molar-refractivity contribution in [1.29, 1.82) is 0 Å². The molecule has 20 heavy (non-hydrogen) atoms. The number of fused-ring (bicyclic) bond motifs is 1. The fourth-order valence-electron chi connectivity index (χ4n) is 2.09. The summed E-state index contributed by atoms with van der Waals surface area (Å²) in [7, 11) is 1.62. The van der Waals surface area contributed by atoms with Gasteiger partial charge >= 0.3 is 0 Å². The van der Waals surface area contributed by atoms with E-state index in [0.717, 1.165) is 16.9 Å². The molecule has 0 N–H and O–H groups in total. The minimum absolute atomic E-state index is 0.551. The molecular formula is C15H15N3O2. The van der Waals surface area contributed by atoms with Crippen LogP contribution in [0, 0.1) is 0 Å². The molecule has 0 aliphatic rings. The summed E-state index contributed by atoms with van der Waals surface area (Å²) in [6, 6.07) is 13.6. The molecule has 0 atom stereocenters. The van der Waals surface area contributed by atoms with E-state index in [9.17, 15) is 0 Å². The van der Waals surface area contributed by atoms with Crippen LogP contribution in [0.3, 0.4) is 0 Å². The van der Waals surface area contributed by atoms with Crippen LogP contribution in [0.15, 0.2) is 42.5 Å². The summed E-state index contributed by atoms with van der Waals surface area (Å²) < 4.78 is 12.5. The van der Waals surface area contributed by atoms with Crippen molar-refractivity contribution < 1.29 is 9.47 Å². The highest BCUT2D eigenvalue weighted by Gasteiger charge is 2.16. The fraction of sp³-hybridized carbons (Fsp3) is 0.200. The van der Waals surface area contributed by atoms with E-state index in [1.54, 1.807) is 17.7 Å². The molecular weight excluding hydrogens is 254 g/mol. The lowest BCUT2D eigenvalue weighted by atomic mass is 10.2. The number of rotatable bonds is 4. The van der Waals surface area contributed by atoms with Gasteiger partial charge in [-0.1, -0.05) is 30.3 Å². The second kappa shape index (κ2) is 5.21. The molecule has 5 heteroatoms. The average Bonchev–Trinajstić information content (AvgIpc) is 2.86. The third-order valence-corrected chi connectivity index (χ3v) is 2.94. The molecule has 102 valence electrons. The lowest BCUT2D eigenvalue weighted by molar-refractivity contribution is 0.317. The van der Waals surface area contributed by atoms with Crippen LogP contribution < -0.4 is 9.47 Å². The Morgan fingerprint density at radius 3 is 2.60 bits per heavy atom. The van der Waals surface area contributed by atoms with Gasteiger partial charge in [0.1, 0.15) is 5.69 Å².